The molecule has 2 unspecified atom stereocenters. The van der Waals surface area contributed by atoms with Crippen molar-refractivity contribution in [3.05, 3.63) is 34.9 Å². The van der Waals surface area contributed by atoms with Crippen LogP contribution in [0.15, 0.2) is 24.3 Å². The SMILES string of the molecule is CC(CCCC(C)C(=O)O)NC(=O)c1ccccc1Cl. The van der Waals surface area contributed by atoms with E-state index in [-0.39, 0.29) is 17.9 Å². The van der Waals surface area contributed by atoms with Gasteiger partial charge >= 0.3 is 5.97 Å². The molecule has 0 aliphatic carbocycles. The van der Waals surface area contributed by atoms with Crippen LogP contribution < -0.4 is 5.32 Å². The summed E-state index contributed by atoms with van der Waals surface area (Å²) in [7, 11) is 0. The van der Waals surface area contributed by atoms with Crippen molar-refractivity contribution in [3.63, 3.8) is 0 Å². The van der Waals surface area contributed by atoms with E-state index in [2.05, 4.69) is 5.32 Å². The van der Waals surface area contributed by atoms with Gasteiger partial charge in [0.15, 0.2) is 0 Å². The Labute approximate surface area is 124 Å². The van der Waals surface area contributed by atoms with Gasteiger partial charge in [-0.3, -0.25) is 9.59 Å². The van der Waals surface area contributed by atoms with Crippen LogP contribution in [-0.2, 0) is 4.79 Å². The zero-order chi connectivity index (χ0) is 15.1. The minimum Gasteiger partial charge on any atom is -0.481 e. The number of carboxylic acids is 1. The van der Waals surface area contributed by atoms with Crippen molar-refractivity contribution >= 4 is 23.5 Å². The molecule has 0 bridgehead atoms. The highest BCUT2D eigenvalue weighted by Crippen LogP contribution is 2.15. The van der Waals surface area contributed by atoms with E-state index < -0.39 is 5.97 Å². The van der Waals surface area contributed by atoms with E-state index in [9.17, 15) is 9.59 Å². The van der Waals surface area contributed by atoms with E-state index in [0.717, 1.165) is 12.8 Å². The van der Waals surface area contributed by atoms with E-state index >= 15 is 0 Å². The van der Waals surface area contributed by atoms with Gasteiger partial charge in [0.2, 0.25) is 0 Å². The molecule has 0 saturated carbocycles. The summed E-state index contributed by atoms with van der Waals surface area (Å²) in [6.07, 6.45) is 2.12. The molecule has 0 heterocycles. The highest BCUT2D eigenvalue weighted by Gasteiger charge is 2.14. The minimum atomic E-state index is -0.780. The van der Waals surface area contributed by atoms with Gasteiger partial charge in [-0.1, -0.05) is 37.1 Å². The molecule has 0 aliphatic heterocycles. The van der Waals surface area contributed by atoms with Gasteiger partial charge < -0.3 is 10.4 Å². The fourth-order valence-electron chi connectivity index (χ4n) is 1.87. The smallest absolute Gasteiger partial charge is 0.306 e. The minimum absolute atomic E-state index is 0.0141. The van der Waals surface area contributed by atoms with Gasteiger partial charge in [0.05, 0.1) is 16.5 Å². The molecule has 2 atom stereocenters. The Morgan fingerprint density at radius 1 is 1.25 bits per heavy atom. The van der Waals surface area contributed by atoms with Crippen molar-refractivity contribution in [1.29, 1.82) is 0 Å². The summed E-state index contributed by atoms with van der Waals surface area (Å²) in [5, 5.41) is 12.1. The van der Waals surface area contributed by atoms with Crippen LogP contribution in [0.5, 0.6) is 0 Å². The number of aliphatic carboxylic acids is 1. The molecule has 110 valence electrons. The lowest BCUT2D eigenvalue weighted by Crippen LogP contribution is -2.32. The molecule has 0 radical (unpaired) electrons. The number of nitrogens with one attached hydrogen (secondary N) is 1. The monoisotopic (exact) mass is 297 g/mol. The molecule has 1 amide bonds. The van der Waals surface area contributed by atoms with Crippen molar-refractivity contribution in [3.8, 4) is 0 Å². The maximum Gasteiger partial charge on any atom is 0.306 e. The van der Waals surface area contributed by atoms with E-state index in [1.54, 1.807) is 31.2 Å². The molecule has 5 heteroatoms. The molecule has 0 saturated heterocycles. The van der Waals surface area contributed by atoms with Crippen LogP contribution in [0.25, 0.3) is 0 Å². The average Bonchev–Trinajstić information content (AvgIpc) is 2.38. The Balaban J connectivity index is 2.39. The number of amides is 1. The number of hydrogen-bond donors (Lipinski definition) is 2. The van der Waals surface area contributed by atoms with E-state index in [1.165, 1.54) is 0 Å². The molecule has 1 rings (SSSR count). The fraction of sp³-hybridized carbons (Fsp3) is 0.467. The third-order valence-electron chi connectivity index (χ3n) is 3.19. The first-order valence-electron chi connectivity index (χ1n) is 6.70. The predicted molar refractivity (Wildman–Crippen MR) is 79.0 cm³/mol. The highest BCUT2D eigenvalue weighted by atomic mass is 35.5. The molecule has 1 aromatic rings. The molecular weight excluding hydrogens is 278 g/mol. The second-order valence-corrected chi connectivity index (χ2v) is 5.43. The van der Waals surface area contributed by atoms with Crippen LogP contribution in [0.3, 0.4) is 0 Å². The van der Waals surface area contributed by atoms with Gasteiger partial charge in [0.25, 0.3) is 5.91 Å². The molecule has 0 fully saturated rings. The van der Waals surface area contributed by atoms with Gasteiger partial charge in [-0.15, -0.1) is 0 Å². The first kappa shape index (κ1) is 16.5. The lowest BCUT2D eigenvalue weighted by molar-refractivity contribution is -0.141. The average molecular weight is 298 g/mol. The number of carbonyl (C=O) groups is 2. The normalized spacial score (nSPS) is 13.6. The Morgan fingerprint density at radius 3 is 2.50 bits per heavy atom. The van der Waals surface area contributed by atoms with Gasteiger partial charge in [0.1, 0.15) is 0 Å². The Bertz CT molecular complexity index is 476. The lowest BCUT2D eigenvalue weighted by Gasteiger charge is -2.15. The zero-order valence-electron chi connectivity index (χ0n) is 11.7. The summed E-state index contributed by atoms with van der Waals surface area (Å²) in [4.78, 5) is 22.7. The fourth-order valence-corrected chi connectivity index (χ4v) is 2.09. The third kappa shape index (κ3) is 5.21. The van der Waals surface area contributed by atoms with Crippen LogP contribution in [0.4, 0.5) is 0 Å². The summed E-state index contributed by atoms with van der Waals surface area (Å²) in [5.41, 5.74) is 0.458. The van der Waals surface area contributed by atoms with Crippen molar-refractivity contribution < 1.29 is 14.7 Å². The molecular formula is C15H20ClNO3. The number of hydrogen-bond acceptors (Lipinski definition) is 2. The number of benzene rings is 1. The van der Waals surface area contributed by atoms with Gasteiger partial charge in [-0.25, -0.2) is 0 Å². The standard InChI is InChI=1S/C15H20ClNO3/c1-10(15(19)20)6-5-7-11(2)17-14(18)12-8-3-4-9-13(12)16/h3-4,8-11H,5-7H2,1-2H3,(H,17,18)(H,19,20). The van der Waals surface area contributed by atoms with Gasteiger partial charge in [-0.2, -0.15) is 0 Å². The summed E-state index contributed by atoms with van der Waals surface area (Å²) in [6.45, 7) is 3.59. The van der Waals surface area contributed by atoms with Crippen molar-refractivity contribution in [2.24, 2.45) is 5.92 Å². The van der Waals surface area contributed by atoms with E-state index in [0.29, 0.717) is 17.0 Å². The summed E-state index contributed by atoms with van der Waals surface area (Å²) < 4.78 is 0. The molecule has 0 aliphatic rings. The predicted octanol–water partition coefficient (Wildman–Crippen LogP) is 3.35. The Morgan fingerprint density at radius 2 is 1.90 bits per heavy atom. The van der Waals surface area contributed by atoms with Crippen LogP contribution in [0.2, 0.25) is 5.02 Å². The quantitative estimate of drug-likeness (QED) is 0.811. The Hall–Kier alpha value is -1.55. The van der Waals surface area contributed by atoms with Crippen LogP contribution in [0, 0.1) is 5.92 Å². The first-order valence-corrected chi connectivity index (χ1v) is 7.07. The van der Waals surface area contributed by atoms with Crippen LogP contribution in [-0.4, -0.2) is 23.0 Å². The maximum absolute atomic E-state index is 12.0. The topological polar surface area (TPSA) is 66.4 Å². The lowest BCUT2D eigenvalue weighted by atomic mass is 10.0. The van der Waals surface area contributed by atoms with Gasteiger partial charge in [0, 0.05) is 6.04 Å². The molecule has 0 aromatic heterocycles. The largest absolute Gasteiger partial charge is 0.481 e. The number of rotatable bonds is 7. The highest BCUT2D eigenvalue weighted by molar-refractivity contribution is 6.33. The third-order valence-corrected chi connectivity index (χ3v) is 3.52. The van der Waals surface area contributed by atoms with Gasteiger partial charge in [-0.05, 0) is 31.9 Å². The van der Waals surface area contributed by atoms with Crippen molar-refractivity contribution in [2.75, 3.05) is 0 Å². The van der Waals surface area contributed by atoms with E-state index in [1.807, 2.05) is 6.92 Å². The second kappa shape index (κ2) is 7.90. The summed E-state index contributed by atoms with van der Waals surface area (Å²) in [6, 6.07) is 6.88. The molecule has 4 nitrogen and oxygen atoms in total. The maximum atomic E-state index is 12.0. The number of carbonyl (C=O) groups excluding carboxylic acids is 1. The second-order valence-electron chi connectivity index (χ2n) is 5.02. The zero-order valence-corrected chi connectivity index (χ0v) is 12.5. The van der Waals surface area contributed by atoms with Crippen LogP contribution >= 0.6 is 11.6 Å². The molecule has 2 N–H and O–H groups in total. The number of halogens is 1. The first-order chi connectivity index (χ1) is 9.41. The summed E-state index contributed by atoms with van der Waals surface area (Å²) in [5.74, 6) is -1.33. The Kier molecular flexibility index (Phi) is 6.52. The van der Waals surface area contributed by atoms with Crippen molar-refractivity contribution in [1.82, 2.24) is 5.32 Å². The van der Waals surface area contributed by atoms with Crippen LogP contribution in [0.1, 0.15) is 43.5 Å². The number of carboxylic acid groups (broad SMARTS) is 1. The van der Waals surface area contributed by atoms with E-state index in [4.69, 9.17) is 16.7 Å². The molecule has 1 aromatic carbocycles. The molecule has 20 heavy (non-hydrogen) atoms. The van der Waals surface area contributed by atoms with Crippen molar-refractivity contribution in [2.45, 2.75) is 39.2 Å². The molecule has 0 spiro atoms. The summed E-state index contributed by atoms with van der Waals surface area (Å²) >= 11 is 5.96.